The van der Waals surface area contributed by atoms with Crippen molar-refractivity contribution in [3.05, 3.63) is 30.3 Å². The molecule has 0 aliphatic heterocycles. The fraction of sp³-hybridized carbons (Fsp3) is 0.538. The fourth-order valence-corrected chi connectivity index (χ4v) is 5.77. The van der Waals surface area contributed by atoms with Crippen LogP contribution in [0.4, 0.5) is 0 Å². The highest BCUT2D eigenvalue weighted by atomic mass is 28.4. The summed E-state index contributed by atoms with van der Waals surface area (Å²) < 4.78 is 11.7. The molecule has 1 aromatic carbocycles. The molecule has 0 aliphatic rings. The van der Waals surface area contributed by atoms with Crippen LogP contribution in [0.15, 0.2) is 30.3 Å². The van der Waals surface area contributed by atoms with E-state index in [0.29, 0.717) is 0 Å². The lowest BCUT2D eigenvalue weighted by Gasteiger charge is -2.40. The Morgan fingerprint density at radius 1 is 1.06 bits per heavy atom. The minimum Gasteiger partial charge on any atom is -0.394 e. The molecular weight excluding hydrogens is 216 g/mol. The molecule has 2 nitrogen and oxygen atoms in total. The van der Waals surface area contributed by atoms with Crippen LogP contribution in [0, 0.1) is 0 Å². The van der Waals surface area contributed by atoms with E-state index in [1.54, 1.807) is 14.2 Å². The van der Waals surface area contributed by atoms with Gasteiger partial charge in [0.05, 0.1) is 0 Å². The van der Waals surface area contributed by atoms with Crippen LogP contribution in [0.3, 0.4) is 0 Å². The normalized spacial score (nSPS) is 12.8. The summed E-state index contributed by atoms with van der Waals surface area (Å²) in [5.74, 6) is 0. The Hall–Kier alpha value is -0.643. The van der Waals surface area contributed by atoms with E-state index in [9.17, 15) is 0 Å². The molecule has 0 radical (unpaired) electrons. The van der Waals surface area contributed by atoms with E-state index in [1.165, 1.54) is 5.19 Å². The molecule has 0 amide bonds. The maximum atomic E-state index is 5.85. The first kappa shape index (κ1) is 13.4. The third kappa shape index (κ3) is 2.07. The lowest BCUT2D eigenvalue weighted by atomic mass is 10.1. The summed E-state index contributed by atoms with van der Waals surface area (Å²) in [5, 5.41) is 1.25. The first-order chi connectivity index (χ1) is 7.54. The van der Waals surface area contributed by atoms with E-state index in [-0.39, 0.29) is 5.04 Å². The second-order valence-electron chi connectivity index (χ2n) is 4.63. The monoisotopic (exact) mass is 238 g/mol. The Bertz CT molecular complexity index is 318. The van der Waals surface area contributed by atoms with Crippen molar-refractivity contribution in [3.8, 4) is 0 Å². The summed E-state index contributed by atoms with van der Waals surface area (Å²) in [6, 6.07) is 10.3. The third-order valence-electron chi connectivity index (χ3n) is 3.50. The van der Waals surface area contributed by atoms with Crippen LogP contribution in [0.5, 0.6) is 0 Å². The smallest absolute Gasteiger partial charge is 0.377 e. The standard InChI is InChI=1S/C13H22O2Si/c1-6-13(2,3)16(14-4,15-5)12-10-8-7-9-11-12/h7-11H,6H2,1-5H3. The molecule has 0 fully saturated rings. The van der Waals surface area contributed by atoms with E-state index < -0.39 is 8.56 Å². The molecule has 0 aromatic heterocycles. The summed E-state index contributed by atoms with van der Waals surface area (Å²) in [6.45, 7) is 6.63. The largest absolute Gasteiger partial charge is 0.394 e. The maximum absolute atomic E-state index is 5.85. The van der Waals surface area contributed by atoms with Crippen molar-refractivity contribution in [1.29, 1.82) is 0 Å². The second kappa shape index (κ2) is 5.12. The Balaban J connectivity index is 3.27. The van der Waals surface area contributed by atoms with Gasteiger partial charge in [0, 0.05) is 19.3 Å². The van der Waals surface area contributed by atoms with Gasteiger partial charge in [-0.3, -0.25) is 0 Å². The van der Waals surface area contributed by atoms with E-state index in [1.807, 2.05) is 18.2 Å². The van der Waals surface area contributed by atoms with Crippen molar-refractivity contribution in [2.45, 2.75) is 32.2 Å². The van der Waals surface area contributed by atoms with Crippen molar-refractivity contribution in [3.63, 3.8) is 0 Å². The first-order valence-electron chi connectivity index (χ1n) is 5.70. The summed E-state index contributed by atoms with van der Waals surface area (Å²) in [7, 11) is 1.18. The Kier molecular flexibility index (Phi) is 4.30. The zero-order valence-corrected chi connectivity index (χ0v) is 11.9. The van der Waals surface area contributed by atoms with Crippen LogP contribution >= 0.6 is 0 Å². The molecule has 0 aliphatic carbocycles. The molecule has 0 saturated carbocycles. The predicted molar refractivity (Wildman–Crippen MR) is 70.2 cm³/mol. The highest BCUT2D eigenvalue weighted by molar-refractivity contribution is 6.83. The van der Waals surface area contributed by atoms with Gasteiger partial charge in [-0.1, -0.05) is 51.1 Å². The van der Waals surface area contributed by atoms with Gasteiger partial charge < -0.3 is 8.85 Å². The maximum Gasteiger partial charge on any atom is 0.377 e. The molecule has 16 heavy (non-hydrogen) atoms. The van der Waals surface area contributed by atoms with Crippen molar-refractivity contribution in [2.24, 2.45) is 0 Å². The van der Waals surface area contributed by atoms with Gasteiger partial charge >= 0.3 is 8.56 Å². The summed E-state index contributed by atoms with van der Waals surface area (Å²) in [5.41, 5.74) is 0. The minimum atomic E-state index is -2.35. The predicted octanol–water partition coefficient (Wildman–Crippen LogP) is 2.82. The fourth-order valence-electron chi connectivity index (χ4n) is 2.15. The van der Waals surface area contributed by atoms with E-state index in [2.05, 4.69) is 32.9 Å². The van der Waals surface area contributed by atoms with Gasteiger partial charge in [0.15, 0.2) is 0 Å². The average molecular weight is 238 g/mol. The summed E-state index contributed by atoms with van der Waals surface area (Å²) in [6.07, 6.45) is 1.04. The van der Waals surface area contributed by atoms with Gasteiger partial charge in [0.1, 0.15) is 0 Å². The number of benzene rings is 1. The van der Waals surface area contributed by atoms with Crippen LogP contribution < -0.4 is 5.19 Å². The van der Waals surface area contributed by atoms with Crippen LogP contribution in [0.25, 0.3) is 0 Å². The van der Waals surface area contributed by atoms with Gasteiger partial charge in [-0.25, -0.2) is 0 Å². The Morgan fingerprint density at radius 2 is 1.56 bits per heavy atom. The topological polar surface area (TPSA) is 18.5 Å². The first-order valence-corrected chi connectivity index (χ1v) is 7.51. The molecular formula is C13H22O2Si. The molecule has 1 rings (SSSR count). The van der Waals surface area contributed by atoms with Gasteiger partial charge in [0.25, 0.3) is 0 Å². The van der Waals surface area contributed by atoms with Crippen LogP contribution in [0.1, 0.15) is 27.2 Å². The zero-order chi connectivity index (χ0) is 12.2. The van der Waals surface area contributed by atoms with E-state index in [4.69, 9.17) is 8.85 Å². The molecule has 0 saturated heterocycles. The quantitative estimate of drug-likeness (QED) is 0.734. The molecule has 0 spiro atoms. The lowest BCUT2D eigenvalue weighted by Crippen LogP contribution is -2.59. The molecule has 1 aromatic rings. The van der Waals surface area contributed by atoms with Crippen molar-refractivity contribution in [2.75, 3.05) is 14.2 Å². The van der Waals surface area contributed by atoms with Crippen molar-refractivity contribution in [1.82, 2.24) is 0 Å². The summed E-state index contributed by atoms with van der Waals surface area (Å²) in [4.78, 5) is 0. The van der Waals surface area contributed by atoms with Crippen LogP contribution in [-0.4, -0.2) is 22.8 Å². The molecule has 0 unspecified atom stereocenters. The van der Waals surface area contributed by atoms with Crippen LogP contribution in [-0.2, 0) is 8.85 Å². The van der Waals surface area contributed by atoms with E-state index in [0.717, 1.165) is 6.42 Å². The molecule has 0 bridgehead atoms. The zero-order valence-electron chi connectivity index (χ0n) is 10.9. The van der Waals surface area contributed by atoms with Crippen LogP contribution in [0.2, 0.25) is 5.04 Å². The average Bonchev–Trinajstić information content (AvgIpc) is 2.32. The van der Waals surface area contributed by atoms with Gasteiger partial charge in [-0.15, -0.1) is 0 Å². The molecule has 90 valence electrons. The van der Waals surface area contributed by atoms with E-state index >= 15 is 0 Å². The molecule has 3 heteroatoms. The molecule has 0 N–H and O–H groups in total. The lowest BCUT2D eigenvalue weighted by molar-refractivity contribution is 0.223. The Labute approximate surface area is 99.8 Å². The third-order valence-corrected chi connectivity index (χ3v) is 7.88. The van der Waals surface area contributed by atoms with Crippen molar-refractivity contribution < 1.29 is 8.85 Å². The molecule has 0 atom stereocenters. The minimum absolute atomic E-state index is 0.0534. The summed E-state index contributed by atoms with van der Waals surface area (Å²) >= 11 is 0. The number of hydrogen-bond acceptors (Lipinski definition) is 2. The highest BCUT2D eigenvalue weighted by Crippen LogP contribution is 2.40. The number of rotatable bonds is 5. The second-order valence-corrected chi connectivity index (χ2v) is 8.61. The SMILES string of the molecule is CCC(C)(C)[Si](OC)(OC)c1ccccc1. The highest BCUT2D eigenvalue weighted by Gasteiger charge is 2.51. The molecule has 0 heterocycles. The number of hydrogen-bond donors (Lipinski definition) is 0. The van der Waals surface area contributed by atoms with Crippen molar-refractivity contribution >= 4 is 13.7 Å². The Morgan fingerprint density at radius 3 is 1.94 bits per heavy atom. The van der Waals surface area contributed by atoms with Gasteiger partial charge in [0.2, 0.25) is 0 Å². The van der Waals surface area contributed by atoms with Gasteiger partial charge in [-0.2, -0.15) is 0 Å². The van der Waals surface area contributed by atoms with Gasteiger partial charge in [-0.05, 0) is 11.6 Å².